The molecule has 0 heterocycles. The Morgan fingerprint density at radius 2 is 1.89 bits per heavy atom. The smallest absolute Gasteiger partial charge is 0.335 e. The SMILES string of the molecule is COc1cc(C(=O)O)ccc1-c1cccc(F)c1F. The van der Waals surface area contributed by atoms with Crippen LogP contribution in [-0.4, -0.2) is 18.2 Å². The van der Waals surface area contributed by atoms with E-state index in [4.69, 9.17) is 9.84 Å². The van der Waals surface area contributed by atoms with E-state index in [0.29, 0.717) is 5.56 Å². The van der Waals surface area contributed by atoms with Crippen LogP contribution >= 0.6 is 0 Å². The number of hydrogen-bond acceptors (Lipinski definition) is 2. The molecule has 0 aliphatic rings. The molecular formula is C14H10F2O3. The highest BCUT2D eigenvalue weighted by Crippen LogP contribution is 2.33. The monoisotopic (exact) mass is 264 g/mol. The molecule has 0 spiro atoms. The second-order valence-electron chi connectivity index (χ2n) is 3.82. The van der Waals surface area contributed by atoms with Crippen molar-refractivity contribution >= 4 is 5.97 Å². The summed E-state index contributed by atoms with van der Waals surface area (Å²) in [5.41, 5.74) is 0.329. The Morgan fingerprint density at radius 3 is 2.53 bits per heavy atom. The number of carbonyl (C=O) groups is 1. The standard InChI is InChI=1S/C14H10F2O3/c1-19-12-7-8(14(17)18)5-6-9(12)10-3-2-4-11(15)13(10)16/h2-7H,1H3,(H,17,18). The fourth-order valence-electron chi connectivity index (χ4n) is 1.76. The summed E-state index contributed by atoms with van der Waals surface area (Å²) in [5.74, 6) is -2.92. The minimum absolute atomic E-state index is 0.0115. The fraction of sp³-hybridized carbons (Fsp3) is 0.0714. The molecule has 0 unspecified atom stereocenters. The molecule has 0 fully saturated rings. The zero-order chi connectivity index (χ0) is 14.0. The highest BCUT2D eigenvalue weighted by atomic mass is 19.2. The van der Waals surface area contributed by atoms with Crippen molar-refractivity contribution in [3.8, 4) is 16.9 Å². The molecule has 0 aromatic heterocycles. The van der Waals surface area contributed by atoms with Crippen molar-refractivity contribution in [2.24, 2.45) is 0 Å². The third-order valence-corrected chi connectivity index (χ3v) is 2.69. The normalized spacial score (nSPS) is 10.3. The summed E-state index contributed by atoms with van der Waals surface area (Å²) in [7, 11) is 1.33. The quantitative estimate of drug-likeness (QED) is 0.924. The van der Waals surface area contributed by atoms with Gasteiger partial charge in [0.05, 0.1) is 12.7 Å². The lowest BCUT2D eigenvalue weighted by Gasteiger charge is -2.10. The fourth-order valence-corrected chi connectivity index (χ4v) is 1.76. The van der Waals surface area contributed by atoms with Crippen molar-refractivity contribution in [3.05, 3.63) is 53.6 Å². The lowest BCUT2D eigenvalue weighted by Crippen LogP contribution is -1.99. The zero-order valence-corrected chi connectivity index (χ0v) is 9.98. The van der Waals surface area contributed by atoms with Gasteiger partial charge in [0.2, 0.25) is 0 Å². The van der Waals surface area contributed by atoms with Crippen LogP contribution < -0.4 is 4.74 Å². The molecule has 1 N–H and O–H groups in total. The first kappa shape index (κ1) is 13.0. The molecule has 0 saturated carbocycles. The summed E-state index contributed by atoms with van der Waals surface area (Å²) in [6.07, 6.45) is 0. The van der Waals surface area contributed by atoms with Crippen LogP contribution in [0.15, 0.2) is 36.4 Å². The van der Waals surface area contributed by atoms with E-state index in [9.17, 15) is 13.6 Å². The molecule has 0 radical (unpaired) electrons. The van der Waals surface area contributed by atoms with Crippen molar-refractivity contribution < 1.29 is 23.4 Å². The molecule has 3 nitrogen and oxygen atoms in total. The summed E-state index contributed by atoms with van der Waals surface area (Å²) in [4.78, 5) is 10.8. The largest absolute Gasteiger partial charge is 0.496 e. The number of benzene rings is 2. The van der Waals surface area contributed by atoms with Crippen LogP contribution in [0.2, 0.25) is 0 Å². The molecule has 0 aliphatic carbocycles. The minimum Gasteiger partial charge on any atom is -0.496 e. The molecule has 98 valence electrons. The van der Waals surface area contributed by atoms with Gasteiger partial charge in [-0.2, -0.15) is 0 Å². The van der Waals surface area contributed by atoms with Crippen molar-refractivity contribution in [1.29, 1.82) is 0 Å². The van der Waals surface area contributed by atoms with Gasteiger partial charge in [0, 0.05) is 11.1 Å². The lowest BCUT2D eigenvalue weighted by atomic mass is 10.0. The molecular weight excluding hydrogens is 254 g/mol. The molecule has 0 atom stereocenters. The topological polar surface area (TPSA) is 46.5 Å². The Morgan fingerprint density at radius 1 is 1.16 bits per heavy atom. The number of methoxy groups -OCH3 is 1. The third-order valence-electron chi connectivity index (χ3n) is 2.69. The lowest BCUT2D eigenvalue weighted by molar-refractivity contribution is 0.0696. The van der Waals surface area contributed by atoms with Crippen LogP contribution in [0.3, 0.4) is 0 Å². The molecule has 0 aliphatic heterocycles. The van der Waals surface area contributed by atoms with Gasteiger partial charge in [-0.15, -0.1) is 0 Å². The predicted molar refractivity (Wildman–Crippen MR) is 65.3 cm³/mol. The van der Waals surface area contributed by atoms with Crippen molar-refractivity contribution in [2.75, 3.05) is 7.11 Å². The maximum atomic E-state index is 13.7. The van der Waals surface area contributed by atoms with Gasteiger partial charge >= 0.3 is 5.97 Å². The number of carboxylic acid groups (broad SMARTS) is 1. The second-order valence-corrected chi connectivity index (χ2v) is 3.82. The number of hydrogen-bond donors (Lipinski definition) is 1. The highest BCUT2D eigenvalue weighted by molar-refractivity contribution is 5.89. The van der Waals surface area contributed by atoms with E-state index in [0.717, 1.165) is 6.07 Å². The average Bonchev–Trinajstić information content (AvgIpc) is 2.41. The van der Waals surface area contributed by atoms with E-state index in [1.54, 1.807) is 0 Å². The second kappa shape index (κ2) is 5.06. The number of aromatic carboxylic acids is 1. The van der Waals surface area contributed by atoms with Gasteiger partial charge in [-0.1, -0.05) is 12.1 Å². The van der Waals surface area contributed by atoms with Gasteiger partial charge in [0.1, 0.15) is 5.75 Å². The van der Waals surface area contributed by atoms with E-state index >= 15 is 0 Å². The van der Waals surface area contributed by atoms with Crippen molar-refractivity contribution in [2.45, 2.75) is 0 Å². The first-order chi connectivity index (χ1) is 9.04. The summed E-state index contributed by atoms with van der Waals surface area (Å²) < 4.78 is 31.9. The summed E-state index contributed by atoms with van der Waals surface area (Å²) in [6.45, 7) is 0. The Labute approximate surface area is 108 Å². The minimum atomic E-state index is -1.12. The van der Waals surface area contributed by atoms with Crippen LogP contribution in [-0.2, 0) is 0 Å². The molecule has 19 heavy (non-hydrogen) atoms. The van der Waals surface area contributed by atoms with Gasteiger partial charge in [0.15, 0.2) is 11.6 Å². The Hall–Kier alpha value is -2.43. The van der Waals surface area contributed by atoms with Crippen LogP contribution in [0.25, 0.3) is 11.1 Å². The van der Waals surface area contributed by atoms with E-state index in [-0.39, 0.29) is 16.9 Å². The van der Waals surface area contributed by atoms with Crippen LogP contribution in [0.1, 0.15) is 10.4 Å². The average molecular weight is 264 g/mol. The summed E-state index contributed by atoms with van der Waals surface area (Å²) in [5, 5.41) is 8.88. The first-order valence-corrected chi connectivity index (χ1v) is 5.40. The van der Waals surface area contributed by atoms with Crippen LogP contribution in [0.4, 0.5) is 8.78 Å². The number of ether oxygens (including phenoxy) is 1. The highest BCUT2D eigenvalue weighted by Gasteiger charge is 2.15. The Kier molecular flexibility index (Phi) is 3.46. The molecule has 0 amide bonds. The number of rotatable bonds is 3. The summed E-state index contributed by atoms with van der Waals surface area (Å²) >= 11 is 0. The zero-order valence-electron chi connectivity index (χ0n) is 9.98. The van der Waals surface area contributed by atoms with Gasteiger partial charge in [0.25, 0.3) is 0 Å². The van der Waals surface area contributed by atoms with E-state index in [1.165, 1.54) is 37.4 Å². The van der Waals surface area contributed by atoms with Crippen molar-refractivity contribution in [1.82, 2.24) is 0 Å². The van der Waals surface area contributed by atoms with Crippen LogP contribution in [0.5, 0.6) is 5.75 Å². The number of halogens is 2. The van der Waals surface area contributed by atoms with Gasteiger partial charge in [-0.3, -0.25) is 0 Å². The molecule has 5 heteroatoms. The van der Waals surface area contributed by atoms with Crippen LogP contribution in [0, 0.1) is 11.6 Å². The molecule has 0 saturated heterocycles. The number of carboxylic acids is 1. The first-order valence-electron chi connectivity index (χ1n) is 5.40. The molecule has 0 bridgehead atoms. The predicted octanol–water partition coefficient (Wildman–Crippen LogP) is 3.34. The Bertz CT molecular complexity index is 639. The Balaban J connectivity index is 2.62. The van der Waals surface area contributed by atoms with Gasteiger partial charge < -0.3 is 9.84 Å². The third kappa shape index (κ3) is 2.40. The summed E-state index contributed by atoms with van der Waals surface area (Å²) in [6, 6.07) is 7.75. The van der Waals surface area contributed by atoms with Crippen molar-refractivity contribution in [3.63, 3.8) is 0 Å². The van der Waals surface area contributed by atoms with Gasteiger partial charge in [-0.25, -0.2) is 13.6 Å². The van der Waals surface area contributed by atoms with E-state index < -0.39 is 17.6 Å². The molecule has 2 aromatic carbocycles. The molecule has 2 aromatic rings. The maximum absolute atomic E-state index is 13.7. The van der Waals surface area contributed by atoms with E-state index in [1.807, 2.05) is 0 Å². The maximum Gasteiger partial charge on any atom is 0.335 e. The van der Waals surface area contributed by atoms with E-state index in [2.05, 4.69) is 0 Å². The van der Waals surface area contributed by atoms with Gasteiger partial charge in [-0.05, 0) is 24.3 Å². The molecule has 2 rings (SSSR count).